The van der Waals surface area contributed by atoms with E-state index in [-0.39, 0.29) is 5.91 Å². The normalized spacial score (nSPS) is 14.1. The van der Waals surface area contributed by atoms with Crippen LogP contribution in [0, 0.1) is 23.7 Å². The van der Waals surface area contributed by atoms with Crippen molar-refractivity contribution in [3.63, 3.8) is 0 Å². The van der Waals surface area contributed by atoms with Crippen LogP contribution in [0.2, 0.25) is 0 Å². The molecule has 38 heavy (non-hydrogen) atoms. The summed E-state index contributed by atoms with van der Waals surface area (Å²) in [6.45, 7) is 15.0. The fourth-order valence-corrected chi connectivity index (χ4v) is 5.83. The molecule has 0 aliphatic heterocycles. The van der Waals surface area contributed by atoms with Crippen LogP contribution in [0.3, 0.4) is 0 Å². The second-order valence-electron chi connectivity index (χ2n) is 13.7. The first-order valence-corrected chi connectivity index (χ1v) is 17.6. The molecule has 0 rings (SSSR count). The van der Waals surface area contributed by atoms with E-state index in [1.54, 1.807) is 0 Å². The molecule has 0 aromatic rings. The predicted octanol–water partition coefficient (Wildman–Crippen LogP) is 12.0. The summed E-state index contributed by atoms with van der Waals surface area (Å²) in [5.74, 6) is 3.36. The summed E-state index contributed by atoms with van der Waals surface area (Å²) < 4.78 is 0. The highest BCUT2D eigenvalue weighted by molar-refractivity contribution is 5.76. The molecular formula is C36H73NO. The monoisotopic (exact) mass is 536 g/mol. The topological polar surface area (TPSA) is 29.1 Å². The third kappa shape index (κ3) is 28.5. The number of amides is 1. The van der Waals surface area contributed by atoms with Crippen molar-refractivity contribution < 1.29 is 4.79 Å². The smallest absolute Gasteiger partial charge is 0.220 e. The van der Waals surface area contributed by atoms with E-state index in [0.29, 0.717) is 12.3 Å². The van der Waals surface area contributed by atoms with Crippen LogP contribution in [-0.2, 0) is 4.79 Å². The Morgan fingerprint density at radius 2 is 0.842 bits per heavy atom. The molecule has 0 saturated carbocycles. The van der Waals surface area contributed by atoms with Crippen molar-refractivity contribution in [2.75, 3.05) is 6.54 Å². The highest BCUT2D eigenvalue weighted by atomic mass is 16.1. The molecule has 0 spiro atoms. The molecule has 1 N–H and O–H groups in total. The van der Waals surface area contributed by atoms with E-state index in [4.69, 9.17) is 0 Å². The molecule has 0 bridgehead atoms. The quantitative estimate of drug-likeness (QED) is 0.0948. The fourth-order valence-electron chi connectivity index (χ4n) is 5.83. The van der Waals surface area contributed by atoms with E-state index in [2.05, 4.69) is 46.9 Å². The van der Waals surface area contributed by atoms with Gasteiger partial charge in [-0.1, -0.05) is 183 Å². The Kier molecular flexibility index (Phi) is 27.6. The lowest BCUT2D eigenvalue weighted by molar-refractivity contribution is -0.121. The molecule has 0 saturated heterocycles. The van der Waals surface area contributed by atoms with Crippen LogP contribution in [-0.4, -0.2) is 12.5 Å². The summed E-state index contributed by atoms with van der Waals surface area (Å²) in [5.41, 5.74) is 0. The standard InChI is InChI=1S/C36H73NO/c1-7-8-9-10-11-12-13-14-15-16-17-18-19-20-30-37-36(38)31-35(6)29-23-28-34(5)27-22-26-33(4)25-21-24-32(2)3/h32-35H,7-31H2,1-6H3,(H,37,38). The highest BCUT2D eigenvalue weighted by Crippen LogP contribution is 2.22. The van der Waals surface area contributed by atoms with Gasteiger partial charge in [-0.25, -0.2) is 0 Å². The minimum atomic E-state index is 0.270. The Hall–Kier alpha value is -0.530. The van der Waals surface area contributed by atoms with Crippen molar-refractivity contribution in [1.29, 1.82) is 0 Å². The predicted molar refractivity (Wildman–Crippen MR) is 172 cm³/mol. The van der Waals surface area contributed by atoms with Crippen molar-refractivity contribution in [2.45, 2.75) is 196 Å². The van der Waals surface area contributed by atoms with E-state index in [1.165, 1.54) is 141 Å². The van der Waals surface area contributed by atoms with E-state index >= 15 is 0 Å². The molecule has 0 heterocycles. The Morgan fingerprint density at radius 1 is 0.474 bits per heavy atom. The van der Waals surface area contributed by atoms with Crippen LogP contribution in [0.25, 0.3) is 0 Å². The van der Waals surface area contributed by atoms with Gasteiger partial charge in [0.25, 0.3) is 0 Å². The molecule has 0 aliphatic carbocycles. The summed E-state index contributed by atoms with van der Waals surface area (Å²) >= 11 is 0. The van der Waals surface area contributed by atoms with Gasteiger partial charge < -0.3 is 5.32 Å². The molecule has 3 unspecified atom stereocenters. The lowest BCUT2D eigenvalue weighted by atomic mass is 9.90. The molecule has 2 nitrogen and oxygen atoms in total. The molecule has 0 aromatic heterocycles. The van der Waals surface area contributed by atoms with Crippen LogP contribution in [0.4, 0.5) is 0 Å². The van der Waals surface area contributed by atoms with Gasteiger partial charge >= 0.3 is 0 Å². The largest absolute Gasteiger partial charge is 0.356 e. The zero-order valence-electron chi connectivity index (χ0n) is 27.4. The van der Waals surface area contributed by atoms with Gasteiger partial charge in [-0.05, 0) is 30.1 Å². The maximum absolute atomic E-state index is 12.3. The first-order valence-electron chi connectivity index (χ1n) is 17.6. The zero-order valence-corrected chi connectivity index (χ0v) is 27.4. The second-order valence-corrected chi connectivity index (χ2v) is 13.7. The summed E-state index contributed by atoms with van der Waals surface area (Å²) in [5, 5.41) is 3.18. The molecule has 0 aliphatic rings. The zero-order chi connectivity index (χ0) is 28.3. The number of carbonyl (C=O) groups is 1. The number of nitrogens with one attached hydrogen (secondary N) is 1. The minimum absolute atomic E-state index is 0.270. The summed E-state index contributed by atoms with van der Waals surface area (Å²) in [6, 6.07) is 0. The van der Waals surface area contributed by atoms with Crippen molar-refractivity contribution in [3.05, 3.63) is 0 Å². The van der Waals surface area contributed by atoms with Gasteiger partial charge in [0.1, 0.15) is 0 Å². The van der Waals surface area contributed by atoms with Gasteiger partial charge in [-0.2, -0.15) is 0 Å². The molecule has 1 amide bonds. The van der Waals surface area contributed by atoms with E-state index in [9.17, 15) is 4.79 Å². The maximum Gasteiger partial charge on any atom is 0.220 e. The molecule has 0 aromatic carbocycles. The van der Waals surface area contributed by atoms with E-state index < -0.39 is 0 Å². The average Bonchev–Trinajstić information content (AvgIpc) is 2.86. The van der Waals surface area contributed by atoms with Crippen LogP contribution in [0.15, 0.2) is 0 Å². The van der Waals surface area contributed by atoms with Crippen LogP contribution < -0.4 is 5.32 Å². The van der Waals surface area contributed by atoms with Crippen molar-refractivity contribution in [2.24, 2.45) is 23.7 Å². The Bertz CT molecular complexity index is 488. The van der Waals surface area contributed by atoms with Gasteiger partial charge in [0.15, 0.2) is 0 Å². The molecule has 0 fully saturated rings. The van der Waals surface area contributed by atoms with Crippen LogP contribution >= 0.6 is 0 Å². The SMILES string of the molecule is CCCCCCCCCCCCCCCCNC(=O)CC(C)CCCC(C)CCCC(C)CCCC(C)C. The van der Waals surface area contributed by atoms with Crippen molar-refractivity contribution >= 4 is 5.91 Å². The summed E-state index contributed by atoms with van der Waals surface area (Å²) in [6.07, 6.45) is 32.2. The van der Waals surface area contributed by atoms with Gasteiger partial charge in [0.05, 0.1) is 0 Å². The molecule has 228 valence electrons. The van der Waals surface area contributed by atoms with Crippen LogP contribution in [0.5, 0.6) is 0 Å². The molecule has 0 radical (unpaired) electrons. The lowest BCUT2D eigenvalue weighted by Gasteiger charge is -2.16. The van der Waals surface area contributed by atoms with Gasteiger partial charge in [0, 0.05) is 13.0 Å². The summed E-state index contributed by atoms with van der Waals surface area (Å²) in [4.78, 5) is 12.3. The molecular weight excluding hydrogens is 462 g/mol. The Balaban J connectivity index is 3.47. The van der Waals surface area contributed by atoms with Crippen LogP contribution in [0.1, 0.15) is 196 Å². The summed E-state index contributed by atoms with van der Waals surface area (Å²) in [7, 11) is 0. The first-order chi connectivity index (χ1) is 18.3. The van der Waals surface area contributed by atoms with E-state index in [1.807, 2.05) is 0 Å². The number of hydrogen-bond donors (Lipinski definition) is 1. The number of carbonyl (C=O) groups excluding carboxylic acids is 1. The Labute approximate surface area is 241 Å². The van der Waals surface area contributed by atoms with Crippen molar-refractivity contribution in [1.82, 2.24) is 5.32 Å². The first kappa shape index (κ1) is 37.5. The third-order valence-electron chi connectivity index (χ3n) is 8.65. The molecule has 3 atom stereocenters. The van der Waals surface area contributed by atoms with Gasteiger partial charge in [0.2, 0.25) is 5.91 Å². The van der Waals surface area contributed by atoms with Crippen molar-refractivity contribution in [3.8, 4) is 0 Å². The number of rotatable bonds is 29. The number of unbranched alkanes of at least 4 members (excludes halogenated alkanes) is 13. The minimum Gasteiger partial charge on any atom is -0.356 e. The highest BCUT2D eigenvalue weighted by Gasteiger charge is 2.11. The number of hydrogen-bond acceptors (Lipinski definition) is 1. The average molecular weight is 536 g/mol. The van der Waals surface area contributed by atoms with E-state index in [0.717, 1.165) is 30.7 Å². The molecule has 2 heteroatoms. The van der Waals surface area contributed by atoms with Gasteiger partial charge in [-0.3, -0.25) is 4.79 Å². The second kappa shape index (κ2) is 28.0. The fraction of sp³-hybridized carbons (Fsp3) is 0.972. The maximum atomic E-state index is 12.3. The van der Waals surface area contributed by atoms with Gasteiger partial charge in [-0.15, -0.1) is 0 Å². The Morgan fingerprint density at radius 3 is 1.26 bits per heavy atom. The third-order valence-corrected chi connectivity index (χ3v) is 8.65. The lowest BCUT2D eigenvalue weighted by Crippen LogP contribution is -2.26.